The summed E-state index contributed by atoms with van der Waals surface area (Å²) in [5, 5.41) is 11.7. The van der Waals surface area contributed by atoms with E-state index in [1.807, 2.05) is 0 Å². The predicted molar refractivity (Wildman–Crippen MR) is 102 cm³/mol. The average molecular weight is 389 g/mol. The Morgan fingerprint density at radius 3 is 2.57 bits per heavy atom. The number of carbonyl (C=O) groups excluding carboxylic acids is 1. The van der Waals surface area contributed by atoms with Crippen LogP contribution in [0.1, 0.15) is 20.8 Å². The number of aromatic nitrogens is 1. The third-order valence-electron chi connectivity index (χ3n) is 4.33. The summed E-state index contributed by atoms with van der Waals surface area (Å²) in [6, 6.07) is 5.22. The Hall–Kier alpha value is -3.00. The second-order valence-electron chi connectivity index (χ2n) is 6.87. The Bertz CT molecular complexity index is 1000. The summed E-state index contributed by atoms with van der Waals surface area (Å²) in [4.78, 5) is 15.8. The van der Waals surface area contributed by atoms with E-state index in [-0.39, 0.29) is 6.61 Å². The van der Waals surface area contributed by atoms with Gasteiger partial charge in [0.05, 0.1) is 37.0 Å². The molecule has 0 aliphatic carbocycles. The van der Waals surface area contributed by atoms with Crippen molar-refractivity contribution in [2.75, 3.05) is 20.8 Å². The van der Waals surface area contributed by atoms with Gasteiger partial charge in [-0.1, -0.05) is 0 Å². The van der Waals surface area contributed by atoms with Gasteiger partial charge in [0, 0.05) is 18.4 Å². The molecule has 150 valence electrons. The van der Waals surface area contributed by atoms with Gasteiger partial charge < -0.3 is 28.5 Å². The van der Waals surface area contributed by atoms with Crippen molar-refractivity contribution in [2.24, 2.45) is 0 Å². The molecule has 0 saturated heterocycles. The van der Waals surface area contributed by atoms with E-state index in [0.29, 0.717) is 33.9 Å². The molecule has 0 amide bonds. The maximum absolute atomic E-state index is 11.3. The Morgan fingerprint density at radius 2 is 1.96 bits per heavy atom. The van der Waals surface area contributed by atoms with Crippen LogP contribution in [0.2, 0.25) is 0 Å². The summed E-state index contributed by atoms with van der Waals surface area (Å²) in [5.41, 5.74) is -0.211. The average Bonchev–Trinajstić information content (AvgIpc) is 3.09. The lowest BCUT2D eigenvalue weighted by atomic mass is 10.0. The maximum atomic E-state index is 11.3. The zero-order valence-corrected chi connectivity index (χ0v) is 16.4. The molecule has 8 heteroatoms. The topological polar surface area (TPSA) is 100 Å². The molecule has 0 bridgehead atoms. The van der Waals surface area contributed by atoms with Gasteiger partial charge in [-0.05, 0) is 26.0 Å². The van der Waals surface area contributed by atoms with Crippen molar-refractivity contribution in [3.05, 3.63) is 24.5 Å². The van der Waals surface area contributed by atoms with Crippen LogP contribution in [-0.2, 0) is 9.53 Å². The fraction of sp³-hybridized carbons (Fsp3) is 0.400. The second-order valence-corrected chi connectivity index (χ2v) is 6.87. The molecule has 8 nitrogen and oxygen atoms in total. The number of pyridine rings is 1. The summed E-state index contributed by atoms with van der Waals surface area (Å²) in [5.74, 6) is 0.930. The van der Waals surface area contributed by atoms with Gasteiger partial charge in [0.15, 0.2) is 17.6 Å². The van der Waals surface area contributed by atoms with Crippen molar-refractivity contribution >= 4 is 28.0 Å². The number of hydrogen-bond donors (Lipinski definition) is 1. The number of fused-ring (bicyclic) bond motifs is 2. The summed E-state index contributed by atoms with van der Waals surface area (Å²) in [6.45, 7) is 4.31. The van der Waals surface area contributed by atoms with Gasteiger partial charge in [-0.15, -0.1) is 0 Å². The number of furan rings is 1. The molecule has 0 saturated carbocycles. The molecule has 0 radical (unpaired) electrons. The number of aliphatic hydroxyl groups is 1. The maximum Gasteiger partial charge on any atom is 0.303 e. The zero-order chi connectivity index (χ0) is 20.5. The Morgan fingerprint density at radius 1 is 1.21 bits per heavy atom. The third kappa shape index (κ3) is 3.82. The van der Waals surface area contributed by atoms with Crippen LogP contribution in [0.4, 0.5) is 0 Å². The minimum atomic E-state index is -1.28. The standard InChI is InChI=1S/C20H23NO7/c1-11(22)28-17(20(2,3)23)10-27-16-8-13-14(9-15(16)24-4)21-19-12(6-7-26-19)18(13)25-5/h6-9,17,23H,10H2,1-5H3. The lowest BCUT2D eigenvalue weighted by molar-refractivity contribution is -0.162. The molecule has 2 aromatic heterocycles. The van der Waals surface area contributed by atoms with Crippen molar-refractivity contribution in [3.63, 3.8) is 0 Å². The van der Waals surface area contributed by atoms with Crippen molar-refractivity contribution in [1.82, 2.24) is 4.98 Å². The third-order valence-corrected chi connectivity index (χ3v) is 4.33. The number of benzene rings is 1. The van der Waals surface area contributed by atoms with Crippen molar-refractivity contribution in [1.29, 1.82) is 0 Å². The monoisotopic (exact) mass is 389 g/mol. The summed E-state index contributed by atoms with van der Waals surface area (Å²) >= 11 is 0. The second kappa shape index (κ2) is 7.55. The van der Waals surface area contributed by atoms with Crippen LogP contribution in [0.3, 0.4) is 0 Å². The van der Waals surface area contributed by atoms with Crippen molar-refractivity contribution in [3.8, 4) is 17.2 Å². The number of nitrogens with zero attached hydrogens (tertiary/aromatic N) is 1. The fourth-order valence-corrected chi connectivity index (χ4v) is 2.88. The van der Waals surface area contributed by atoms with Gasteiger partial charge in [0.1, 0.15) is 12.4 Å². The molecular weight excluding hydrogens is 366 g/mol. The van der Waals surface area contributed by atoms with E-state index in [0.717, 1.165) is 5.39 Å². The SMILES string of the molecule is COc1cc2nc3occc3c(OC)c2cc1OCC(OC(C)=O)C(C)(C)O. The van der Waals surface area contributed by atoms with Crippen molar-refractivity contribution in [2.45, 2.75) is 32.5 Å². The van der Waals surface area contributed by atoms with E-state index >= 15 is 0 Å². The largest absolute Gasteiger partial charge is 0.495 e. The van der Waals surface area contributed by atoms with Crippen LogP contribution in [-0.4, -0.2) is 48.6 Å². The first-order valence-corrected chi connectivity index (χ1v) is 8.70. The lowest BCUT2D eigenvalue weighted by Gasteiger charge is -2.28. The first-order chi connectivity index (χ1) is 13.2. The molecule has 3 aromatic rings. The van der Waals surface area contributed by atoms with Gasteiger partial charge in [-0.25, -0.2) is 4.98 Å². The number of methoxy groups -OCH3 is 2. The van der Waals surface area contributed by atoms with Gasteiger partial charge in [-0.2, -0.15) is 0 Å². The number of esters is 1. The van der Waals surface area contributed by atoms with Crippen LogP contribution in [0.25, 0.3) is 22.0 Å². The minimum absolute atomic E-state index is 0.0609. The molecule has 28 heavy (non-hydrogen) atoms. The number of carbonyl (C=O) groups is 1. The molecule has 1 N–H and O–H groups in total. The number of ether oxygens (including phenoxy) is 4. The van der Waals surface area contributed by atoms with Crippen molar-refractivity contribution < 1.29 is 33.3 Å². The summed E-state index contributed by atoms with van der Waals surface area (Å²) in [6.07, 6.45) is 0.683. The molecule has 2 heterocycles. The highest BCUT2D eigenvalue weighted by Gasteiger charge is 2.31. The quantitative estimate of drug-likeness (QED) is 0.616. The van der Waals surface area contributed by atoms with Crippen LogP contribution < -0.4 is 14.2 Å². The molecule has 0 aliphatic rings. The van der Waals surface area contributed by atoms with E-state index in [1.54, 1.807) is 45.4 Å². The first-order valence-electron chi connectivity index (χ1n) is 8.70. The zero-order valence-electron chi connectivity index (χ0n) is 16.4. The Kier molecular flexibility index (Phi) is 5.33. The smallest absolute Gasteiger partial charge is 0.303 e. The number of rotatable bonds is 7. The van der Waals surface area contributed by atoms with Crippen LogP contribution in [0, 0.1) is 0 Å². The van der Waals surface area contributed by atoms with E-state index in [2.05, 4.69) is 4.98 Å². The minimum Gasteiger partial charge on any atom is -0.495 e. The van der Waals surface area contributed by atoms with E-state index < -0.39 is 17.7 Å². The van der Waals surface area contributed by atoms with E-state index in [4.69, 9.17) is 23.4 Å². The first kappa shape index (κ1) is 19.8. The van der Waals surface area contributed by atoms with Gasteiger partial charge >= 0.3 is 5.97 Å². The molecule has 1 atom stereocenters. The van der Waals surface area contributed by atoms with Gasteiger partial charge in [0.25, 0.3) is 0 Å². The molecule has 0 spiro atoms. The highest BCUT2D eigenvalue weighted by Crippen LogP contribution is 2.39. The van der Waals surface area contributed by atoms with Crippen LogP contribution in [0.5, 0.6) is 17.2 Å². The van der Waals surface area contributed by atoms with Crippen LogP contribution >= 0.6 is 0 Å². The Balaban J connectivity index is 2.02. The Labute approximate surface area is 162 Å². The lowest BCUT2D eigenvalue weighted by Crippen LogP contribution is -2.43. The fourth-order valence-electron chi connectivity index (χ4n) is 2.88. The van der Waals surface area contributed by atoms with E-state index in [1.165, 1.54) is 14.0 Å². The molecule has 1 aromatic carbocycles. The van der Waals surface area contributed by atoms with Crippen LogP contribution in [0.15, 0.2) is 28.9 Å². The molecule has 3 rings (SSSR count). The highest BCUT2D eigenvalue weighted by atomic mass is 16.6. The van der Waals surface area contributed by atoms with E-state index in [9.17, 15) is 9.90 Å². The molecular formula is C20H23NO7. The van der Waals surface area contributed by atoms with Gasteiger partial charge in [0.2, 0.25) is 5.71 Å². The normalized spacial score (nSPS) is 12.8. The summed E-state index contributed by atoms with van der Waals surface area (Å²) < 4.78 is 27.4. The highest BCUT2D eigenvalue weighted by molar-refractivity contribution is 6.00. The van der Waals surface area contributed by atoms with Gasteiger partial charge in [-0.3, -0.25) is 4.79 Å². The summed E-state index contributed by atoms with van der Waals surface area (Å²) in [7, 11) is 3.08. The molecule has 0 fully saturated rings. The molecule has 1 unspecified atom stereocenters. The number of hydrogen-bond acceptors (Lipinski definition) is 8. The predicted octanol–water partition coefficient (Wildman–Crippen LogP) is 3.08. The molecule has 0 aliphatic heterocycles.